The van der Waals surface area contributed by atoms with E-state index in [0.717, 1.165) is 93.2 Å². The standard InChI is InChI=1S/C70H94O4/c1-5-9-13-17-21-31-51-71-67-57-65(69(73-53-33-23-19-15-11-7-3)55-63(67)47-43-59-35-27-25-28-36-59)49-45-61-39-41-62(42-40-61)46-50-66-58-68(72-52-32-22-18-14-10-6-2)64(48-44-60-37-29-26-30-38-60)56-70(66)74-54-34-24-20-16-12-8-4/h25-30,35-50,55-58H,5-24,31-34,51-54H2,1-4H3/b47-43+,48-44+,49-45+,50-46+. The van der Waals surface area contributed by atoms with E-state index in [0.29, 0.717) is 26.4 Å². The molecule has 0 fully saturated rings. The average Bonchev–Trinajstić information content (AvgIpc) is 3.43. The van der Waals surface area contributed by atoms with Gasteiger partial charge in [-0.05, 0) is 72.2 Å². The molecule has 0 radical (unpaired) electrons. The van der Waals surface area contributed by atoms with E-state index in [9.17, 15) is 0 Å². The highest BCUT2D eigenvalue weighted by molar-refractivity contribution is 5.81. The van der Waals surface area contributed by atoms with Gasteiger partial charge in [0.2, 0.25) is 0 Å². The minimum absolute atomic E-state index is 0.694. The molecule has 0 spiro atoms. The Bertz CT molecular complexity index is 2170. The van der Waals surface area contributed by atoms with Gasteiger partial charge in [-0.15, -0.1) is 0 Å². The molecule has 0 N–H and O–H groups in total. The molecule has 0 saturated heterocycles. The van der Waals surface area contributed by atoms with Crippen LogP contribution in [0, 0.1) is 0 Å². The lowest BCUT2D eigenvalue weighted by atomic mass is 10.0. The molecular formula is C70H94O4. The lowest BCUT2D eigenvalue weighted by Gasteiger charge is -2.16. The zero-order valence-corrected chi connectivity index (χ0v) is 46.4. The summed E-state index contributed by atoms with van der Waals surface area (Å²) in [5, 5.41) is 0. The van der Waals surface area contributed by atoms with Crippen LogP contribution in [0.2, 0.25) is 0 Å². The molecule has 74 heavy (non-hydrogen) atoms. The highest BCUT2D eigenvalue weighted by atomic mass is 16.5. The summed E-state index contributed by atoms with van der Waals surface area (Å²) in [7, 11) is 0. The van der Waals surface area contributed by atoms with Gasteiger partial charge < -0.3 is 18.9 Å². The first-order chi connectivity index (χ1) is 36.6. The Balaban J connectivity index is 1.39. The van der Waals surface area contributed by atoms with Crippen LogP contribution in [0.5, 0.6) is 23.0 Å². The first-order valence-corrected chi connectivity index (χ1v) is 29.4. The number of hydrogen-bond donors (Lipinski definition) is 0. The molecule has 398 valence electrons. The van der Waals surface area contributed by atoms with Crippen LogP contribution in [0.3, 0.4) is 0 Å². The highest BCUT2D eigenvalue weighted by Gasteiger charge is 2.13. The minimum atomic E-state index is 0.694. The van der Waals surface area contributed by atoms with Gasteiger partial charge in [-0.3, -0.25) is 0 Å². The Morgan fingerprint density at radius 2 is 0.459 bits per heavy atom. The second-order valence-electron chi connectivity index (χ2n) is 20.1. The van der Waals surface area contributed by atoms with Gasteiger partial charge in [-0.25, -0.2) is 0 Å². The maximum atomic E-state index is 6.64. The van der Waals surface area contributed by atoms with Crippen molar-refractivity contribution in [3.05, 3.63) is 154 Å². The molecule has 0 aliphatic carbocycles. The topological polar surface area (TPSA) is 36.9 Å². The van der Waals surface area contributed by atoms with Gasteiger partial charge in [0.25, 0.3) is 0 Å². The zero-order chi connectivity index (χ0) is 51.9. The van der Waals surface area contributed by atoms with Crippen LogP contribution < -0.4 is 18.9 Å². The van der Waals surface area contributed by atoms with Gasteiger partial charge in [0.1, 0.15) is 23.0 Å². The molecule has 0 saturated carbocycles. The SMILES string of the molecule is CCCCCCCCOc1cc(/C=C/c2ccc(/C=C/c3cc(OCCCCCCCC)c(/C=C/c4ccccc4)cc3OCCCCCCCC)cc2)c(OCCCCCCCC)cc1/C=C/c1ccccc1. The summed E-state index contributed by atoms with van der Waals surface area (Å²) in [5.41, 5.74) is 8.69. The van der Waals surface area contributed by atoms with Crippen LogP contribution in [0.25, 0.3) is 48.6 Å². The van der Waals surface area contributed by atoms with Crippen molar-refractivity contribution in [1.82, 2.24) is 0 Å². The van der Waals surface area contributed by atoms with Crippen molar-refractivity contribution < 1.29 is 18.9 Å². The molecule has 0 bridgehead atoms. The van der Waals surface area contributed by atoms with E-state index in [1.807, 2.05) is 0 Å². The molecule has 4 nitrogen and oxygen atoms in total. The van der Waals surface area contributed by atoms with E-state index < -0.39 is 0 Å². The Morgan fingerprint density at radius 1 is 0.243 bits per heavy atom. The first-order valence-electron chi connectivity index (χ1n) is 29.4. The van der Waals surface area contributed by atoms with Crippen molar-refractivity contribution in [2.75, 3.05) is 26.4 Å². The maximum Gasteiger partial charge on any atom is 0.127 e. The lowest BCUT2D eigenvalue weighted by Crippen LogP contribution is -2.03. The summed E-state index contributed by atoms with van der Waals surface area (Å²) in [6.07, 6.45) is 46.9. The van der Waals surface area contributed by atoms with Crippen molar-refractivity contribution in [2.24, 2.45) is 0 Å². The number of unbranched alkanes of at least 4 members (excludes halogenated alkanes) is 20. The molecule has 0 atom stereocenters. The van der Waals surface area contributed by atoms with Gasteiger partial charge in [0.15, 0.2) is 0 Å². The molecule has 5 aromatic carbocycles. The van der Waals surface area contributed by atoms with E-state index in [-0.39, 0.29) is 0 Å². The molecular weight excluding hydrogens is 905 g/mol. The van der Waals surface area contributed by atoms with Crippen molar-refractivity contribution in [3.8, 4) is 23.0 Å². The summed E-state index contributed by atoms with van der Waals surface area (Å²) in [4.78, 5) is 0. The predicted octanol–water partition coefficient (Wildman–Crippen LogP) is 21.3. The Kier molecular flexibility index (Phi) is 30.3. The van der Waals surface area contributed by atoms with Gasteiger partial charge in [0.05, 0.1) is 26.4 Å². The van der Waals surface area contributed by atoms with Gasteiger partial charge in [0, 0.05) is 22.3 Å². The van der Waals surface area contributed by atoms with E-state index in [1.165, 1.54) is 128 Å². The summed E-state index contributed by atoms with van der Waals surface area (Å²) in [5.74, 6) is 3.56. The Labute approximate surface area is 450 Å². The molecule has 5 rings (SSSR count). The van der Waals surface area contributed by atoms with E-state index in [1.54, 1.807) is 0 Å². The van der Waals surface area contributed by atoms with Crippen molar-refractivity contribution in [1.29, 1.82) is 0 Å². The molecule has 0 amide bonds. The monoisotopic (exact) mass is 999 g/mol. The molecule has 0 aromatic heterocycles. The summed E-state index contributed by atoms with van der Waals surface area (Å²) in [6, 6.07) is 38.5. The molecule has 5 aromatic rings. The van der Waals surface area contributed by atoms with Crippen LogP contribution in [0.4, 0.5) is 0 Å². The zero-order valence-electron chi connectivity index (χ0n) is 46.4. The highest BCUT2D eigenvalue weighted by Crippen LogP contribution is 2.35. The molecule has 0 heterocycles. The number of hydrogen-bond acceptors (Lipinski definition) is 4. The number of benzene rings is 5. The van der Waals surface area contributed by atoms with E-state index in [2.05, 4.69) is 185 Å². The maximum absolute atomic E-state index is 6.64. The van der Waals surface area contributed by atoms with Crippen LogP contribution in [-0.4, -0.2) is 26.4 Å². The average molecular weight is 1000 g/mol. The fraction of sp³-hybridized carbons (Fsp3) is 0.457. The predicted molar refractivity (Wildman–Crippen MR) is 323 cm³/mol. The largest absolute Gasteiger partial charge is 0.493 e. The number of rotatable bonds is 40. The fourth-order valence-corrected chi connectivity index (χ4v) is 9.05. The quantitative estimate of drug-likeness (QED) is 0.0289. The number of ether oxygens (including phenoxy) is 4. The third-order valence-corrected chi connectivity index (χ3v) is 13.7. The molecule has 0 aliphatic heterocycles. The summed E-state index contributed by atoms with van der Waals surface area (Å²) < 4.78 is 26.5. The van der Waals surface area contributed by atoms with Gasteiger partial charge >= 0.3 is 0 Å². The van der Waals surface area contributed by atoms with Crippen molar-refractivity contribution >= 4 is 48.6 Å². The van der Waals surface area contributed by atoms with Crippen LogP contribution in [0.1, 0.15) is 226 Å². The summed E-state index contributed by atoms with van der Waals surface area (Å²) >= 11 is 0. The van der Waals surface area contributed by atoms with Crippen molar-refractivity contribution in [3.63, 3.8) is 0 Å². The second-order valence-corrected chi connectivity index (χ2v) is 20.1. The fourth-order valence-electron chi connectivity index (χ4n) is 9.05. The van der Waals surface area contributed by atoms with Crippen molar-refractivity contribution in [2.45, 2.75) is 182 Å². The molecule has 4 heteroatoms. The third-order valence-electron chi connectivity index (χ3n) is 13.7. The smallest absolute Gasteiger partial charge is 0.127 e. The van der Waals surface area contributed by atoms with Crippen LogP contribution in [0.15, 0.2) is 109 Å². The minimum Gasteiger partial charge on any atom is -0.493 e. The lowest BCUT2D eigenvalue weighted by molar-refractivity contribution is 0.295. The Hall–Kier alpha value is -5.74. The Morgan fingerprint density at radius 3 is 0.703 bits per heavy atom. The second kappa shape index (κ2) is 37.9. The van der Waals surface area contributed by atoms with Crippen LogP contribution >= 0.6 is 0 Å². The van der Waals surface area contributed by atoms with Crippen LogP contribution in [-0.2, 0) is 0 Å². The van der Waals surface area contributed by atoms with E-state index >= 15 is 0 Å². The summed E-state index contributed by atoms with van der Waals surface area (Å²) in [6.45, 7) is 11.9. The molecule has 0 unspecified atom stereocenters. The third kappa shape index (κ3) is 24.1. The van der Waals surface area contributed by atoms with Gasteiger partial charge in [-0.2, -0.15) is 0 Å². The normalized spacial score (nSPS) is 11.7. The van der Waals surface area contributed by atoms with Gasteiger partial charge in [-0.1, -0.05) is 290 Å². The molecule has 0 aliphatic rings. The van der Waals surface area contributed by atoms with E-state index in [4.69, 9.17) is 18.9 Å². The first kappa shape index (κ1) is 59.1.